The molecule has 0 aliphatic carbocycles. The summed E-state index contributed by atoms with van der Waals surface area (Å²) in [5.41, 5.74) is 8.09. The Kier molecular flexibility index (Phi) is 50.3. The smallest absolute Gasteiger partial charge is 0.668 e. The van der Waals surface area contributed by atoms with E-state index in [1.54, 1.807) is 11.8 Å². The molecular weight excluding hydrogens is 1760 g/mol. The fourth-order valence-corrected chi connectivity index (χ4v) is 32.1. The molecule has 2 unspecified atom stereocenters. The number of hydrogen-bond acceptors (Lipinski definition) is 11. The predicted molar refractivity (Wildman–Crippen MR) is 561 cm³/mol. The van der Waals surface area contributed by atoms with Gasteiger partial charge in [-0.1, -0.05) is 388 Å². The minimum absolute atomic E-state index is 0. The van der Waals surface area contributed by atoms with Crippen LogP contribution in [0.4, 0.5) is 0 Å². The molecule has 0 radical (unpaired) electrons. The summed E-state index contributed by atoms with van der Waals surface area (Å²) in [7, 11) is -6.88. The third-order valence-corrected chi connectivity index (χ3v) is 43.1. The Labute approximate surface area is 800 Å². The van der Waals surface area contributed by atoms with Crippen molar-refractivity contribution in [3.05, 3.63) is 195 Å². The molecule has 124 heavy (non-hydrogen) atoms. The largest absolute Gasteiger partial charge is 1.00 e. The SMILES string of the molecule is CC(C)[C@H](C)/C=C\C(O[Si](C)(C)C(C)(C)C)[C@H]1OC(C)(C)O[C@H]1CCI.CCCCCc1ccc(C)c(C(=O)OCC[Si](C)(C)C)c1/C=C/C[C@@H]1OC(C)(C)O[C@@H]1C(C)/C=C\[C@@H](C)[C@H](C)O[Si](c1ccccc1)(c1ccccc1)C(C)(C)C.CCCCCc1ccc(C)c(C(=O)OCC[Si](C)(C)C)c1CSc1ccccc1.C[Si](C)(C)[N-][Si](C)(C)C.[3H]C.[3H]C.[Li+]. The van der Waals surface area contributed by atoms with E-state index in [0.29, 0.717) is 37.0 Å². The first-order valence-electron chi connectivity index (χ1n) is 47.8. The van der Waals surface area contributed by atoms with Crippen LogP contribution < -0.4 is 29.2 Å². The molecule has 0 bridgehead atoms. The zero-order chi connectivity index (χ0) is 95.3. The van der Waals surface area contributed by atoms with Gasteiger partial charge in [-0.25, -0.2) is 9.59 Å². The van der Waals surface area contributed by atoms with Crippen LogP contribution in [0.25, 0.3) is 10.7 Å². The summed E-state index contributed by atoms with van der Waals surface area (Å²) >= 11 is 4.21. The van der Waals surface area contributed by atoms with E-state index in [1.165, 1.54) is 54.0 Å². The molecule has 0 N–H and O–H groups in total. The topological polar surface area (TPSA) is 122 Å². The second-order valence-corrected chi connectivity index (χ2v) is 74.4. The van der Waals surface area contributed by atoms with Gasteiger partial charge >= 0.3 is 30.8 Å². The Morgan fingerprint density at radius 3 is 1.44 bits per heavy atom. The Morgan fingerprint density at radius 2 is 1.00 bits per heavy atom. The molecule has 0 aromatic heterocycles. The number of unbranched alkanes of at least 4 members (excludes halogenated alkanes) is 4. The van der Waals surface area contributed by atoms with E-state index < -0.39 is 60.8 Å². The zero-order valence-corrected chi connectivity index (χ0v) is 94.3. The number of alkyl halides is 1. The van der Waals surface area contributed by atoms with Crippen molar-refractivity contribution in [2.75, 3.05) is 17.6 Å². The van der Waals surface area contributed by atoms with E-state index in [-0.39, 0.29) is 89.3 Å². The summed E-state index contributed by atoms with van der Waals surface area (Å²) in [5.74, 6) is 0.578. The van der Waals surface area contributed by atoms with Crippen molar-refractivity contribution in [1.82, 2.24) is 0 Å². The molecule has 0 saturated carbocycles. The zero-order valence-electron chi connectivity index (χ0n) is 87.3. The first-order valence-corrected chi connectivity index (χ1v) is 67.4. The molecule has 696 valence electrons. The molecule has 11 nitrogen and oxygen atoms in total. The first-order chi connectivity index (χ1) is 58.0. The van der Waals surface area contributed by atoms with Gasteiger partial charge in [0.25, 0.3) is 8.32 Å². The molecule has 5 aromatic carbocycles. The van der Waals surface area contributed by atoms with Gasteiger partial charge in [0, 0.05) is 46.0 Å². The van der Waals surface area contributed by atoms with Crippen LogP contribution in [-0.4, -0.2) is 127 Å². The summed E-state index contributed by atoms with van der Waals surface area (Å²) in [4.78, 5) is 27.9. The van der Waals surface area contributed by atoms with Gasteiger partial charge in [-0.2, -0.15) is 0 Å². The maximum Gasteiger partial charge on any atom is 1.00 e. The van der Waals surface area contributed by atoms with E-state index in [9.17, 15) is 9.59 Å². The number of benzene rings is 5. The van der Waals surface area contributed by atoms with E-state index in [0.717, 1.165) is 95.0 Å². The van der Waals surface area contributed by atoms with Crippen LogP contribution in [0.15, 0.2) is 151 Å². The number of nitrogens with zero attached hydrogens (tertiary/aromatic N) is 1. The quantitative estimate of drug-likeness (QED) is 0.00709. The third kappa shape index (κ3) is 41.0. The molecule has 20 heteroatoms. The number of esters is 2. The van der Waals surface area contributed by atoms with Crippen LogP contribution in [-0.2, 0) is 55.9 Å². The van der Waals surface area contributed by atoms with Gasteiger partial charge in [0.1, 0.15) is 6.10 Å². The van der Waals surface area contributed by atoms with Crippen molar-refractivity contribution < 1.29 is 68.5 Å². The molecule has 0 spiro atoms. The molecule has 2 aliphatic heterocycles. The summed E-state index contributed by atoms with van der Waals surface area (Å²) in [6.45, 7) is 77.1. The predicted octanol–water partition coefficient (Wildman–Crippen LogP) is 27.3. The molecule has 5 aromatic rings. The van der Waals surface area contributed by atoms with E-state index >= 15 is 0 Å². The van der Waals surface area contributed by atoms with E-state index in [2.05, 4.69) is 357 Å². The van der Waals surface area contributed by atoms with Crippen molar-refractivity contribution in [2.45, 2.75) is 390 Å². The standard InChI is InChI=1S/C50H74O5Si2.C25H36O2SSi.C21H41IO3Si.C6H18NSi2.2CH4.Li/c1-14-15-18-24-41-34-33-38(3)46(48(51)52-35-36-56(11,12)13)44(41)29-23-30-45-47(54-50(9,10)53-45)39(4)32-31-37(2)40(5)55-57(49(6,7)8,42-25-19-16-20-26-42)43-27-21-17-22-28-43;1-6-7-9-12-21-16-15-20(2)24(25(26)27-17-18-29(3,4)5)23(21)19-28-22-13-10-8-11-14-22;1-15(2)16(3)11-12-18(25-26(9,10)20(4,5)6)19-17(13-14-22)23-21(7,8)24-19;1-8(2,3)7-9(4,5)6;;;/h16-17,19-23,25-29,31-34,37,39-40,45,47H,14-15,18,24,30,35-36H2,1-13H3;8,10-11,13-16H,6-7,9,12,17-19H2,1-5H3;11-12,15-19H,13-14H2,1-10H3;1-6H3;2*1H4;/q;;;-1;;;+1/b29-23+,32-31-;;12-11-;;;;/t37-,39?,40+,45+,47-;;16-,17+,18?,19+;;;;/m1.1..../s1/i;;;;2*1T;. The monoisotopic (exact) mass is 1940 g/mol. The van der Waals surface area contributed by atoms with E-state index in [1.807, 2.05) is 47.6 Å². The summed E-state index contributed by atoms with van der Waals surface area (Å²) in [6.07, 6.45) is 23.7. The average molecular weight is 1940 g/mol. The molecule has 7 rings (SSSR count). The molecule has 2 heterocycles. The van der Waals surface area contributed by atoms with Gasteiger partial charge in [-0.3, -0.25) is 0 Å². The number of carbonyl (C=O) groups excluding carboxylic acids is 2. The average Bonchev–Trinajstić information content (AvgIpc) is 1.09. The molecule has 0 amide bonds. The van der Waals surface area contributed by atoms with Gasteiger partial charge in [0.05, 0.1) is 48.8 Å². The van der Waals surface area contributed by atoms with Gasteiger partial charge in [0.15, 0.2) is 19.9 Å². The number of thioether (sulfide) groups is 1. The maximum atomic E-state index is 13.6. The Balaban J connectivity index is 0.000000960. The second-order valence-electron chi connectivity index (χ2n) is 42.4. The van der Waals surface area contributed by atoms with Crippen LogP contribution in [0.5, 0.6) is 0 Å². The van der Waals surface area contributed by atoms with Crippen LogP contribution in [0.3, 0.4) is 0 Å². The second kappa shape index (κ2) is 54.2. The Morgan fingerprint density at radius 1 is 0.556 bits per heavy atom. The number of allylic oxidation sites excluding steroid dienone is 1. The number of carbonyl (C=O) groups is 2. The van der Waals surface area contributed by atoms with Crippen LogP contribution in [0.1, 0.15) is 248 Å². The van der Waals surface area contributed by atoms with Crippen LogP contribution >= 0.6 is 34.4 Å². The molecule has 9 atom stereocenters. The summed E-state index contributed by atoms with van der Waals surface area (Å²) < 4.78 is 69.0. The maximum absolute atomic E-state index is 13.6. The Hall–Kier alpha value is -3.04. The minimum Gasteiger partial charge on any atom is -0.668 e. The number of ether oxygens (including phenoxy) is 6. The summed E-state index contributed by atoms with van der Waals surface area (Å²) in [5, 5.41) is 2.65. The van der Waals surface area contributed by atoms with Gasteiger partial charge in [0.2, 0.25) is 0 Å². The molecule has 2 fully saturated rings. The molecular formula is C104H177ILiNO10SSi6. The van der Waals surface area contributed by atoms with Crippen molar-refractivity contribution in [3.63, 3.8) is 0 Å². The van der Waals surface area contributed by atoms with E-state index in [4.69, 9.17) is 44.7 Å². The third-order valence-electron chi connectivity index (χ3n) is 23.1. The van der Waals surface area contributed by atoms with Crippen molar-refractivity contribution >= 4 is 112 Å². The van der Waals surface area contributed by atoms with Crippen molar-refractivity contribution in [1.29, 1.82) is 0 Å². The van der Waals surface area contributed by atoms with Gasteiger partial charge in [-0.05, 0) is 196 Å². The van der Waals surface area contributed by atoms with Crippen LogP contribution in [0, 0.1) is 37.5 Å². The van der Waals surface area contributed by atoms with Crippen molar-refractivity contribution in [2.24, 2.45) is 23.7 Å². The van der Waals surface area contributed by atoms with Crippen molar-refractivity contribution in [3.8, 4) is 0 Å². The first kappa shape index (κ1) is 115. The number of hydrogen-bond donors (Lipinski definition) is 0. The number of halogens is 1. The number of aryl methyl sites for hydroxylation is 4. The van der Waals surface area contributed by atoms with Crippen LogP contribution in [0.2, 0.25) is 114 Å². The minimum atomic E-state index is -2.69. The fraction of sp³-hybridized carbons (Fsp3) is 0.635. The van der Waals surface area contributed by atoms with Gasteiger partial charge in [-0.15, -0.1) is 11.8 Å². The fourth-order valence-electron chi connectivity index (χ4n) is 15.0. The normalized spacial score (nSPS) is 18.2. The Bertz CT molecular complexity index is 3930. The summed E-state index contributed by atoms with van der Waals surface area (Å²) in [6, 6.07) is 42.7. The number of rotatable bonds is 40. The van der Waals surface area contributed by atoms with Gasteiger partial charge < -0.3 is 41.9 Å². The molecule has 2 aliphatic rings. The molecule has 2 saturated heterocycles.